The van der Waals surface area contributed by atoms with Gasteiger partial charge in [-0.2, -0.15) is 0 Å². The molecule has 106 valence electrons. The molecule has 0 saturated carbocycles. The Balaban J connectivity index is 1.94. The van der Waals surface area contributed by atoms with Gasteiger partial charge in [-0.1, -0.05) is 41.1 Å². The van der Waals surface area contributed by atoms with Crippen LogP contribution in [0.15, 0.2) is 30.3 Å². The Morgan fingerprint density at radius 1 is 1.15 bits per heavy atom. The van der Waals surface area contributed by atoms with Crippen LogP contribution in [0.2, 0.25) is 0 Å². The van der Waals surface area contributed by atoms with E-state index in [1.54, 1.807) is 0 Å². The van der Waals surface area contributed by atoms with Crippen molar-refractivity contribution in [2.75, 3.05) is 37.6 Å². The summed E-state index contributed by atoms with van der Waals surface area (Å²) < 4.78 is 0. The van der Waals surface area contributed by atoms with Crippen molar-refractivity contribution in [1.82, 2.24) is 9.88 Å². The van der Waals surface area contributed by atoms with Gasteiger partial charge in [-0.3, -0.25) is 0 Å². The minimum Gasteiger partial charge on any atom is -0.354 e. The zero-order valence-corrected chi connectivity index (χ0v) is 13.4. The molecule has 2 aromatic rings. The van der Waals surface area contributed by atoms with Crippen molar-refractivity contribution in [3.8, 4) is 0 Å². The molecule has 20 heavy (non-hydrogen) atoms. The number of hydrogen-bond donors (Lipinski definition) is 0. The van der Waals surface area contributed by atoms with Crippen LogP contribution in [-0.2, 0) is 5.33 Å². The number of rotatable bonds is 3. The zero-order chi connectivity index (χ0) is 13.9. The molecule has 0 radical (unpaired) electrons. The van der Waals surface area contributed by atoms with Crippen molar-refractivity contribution in [2.45, 2.75) is 12.3 Å². The van der Waals surface area contributed by atoms with Gasteiger partial charge in [0.05, 0.1) is 5.52 Å². The molecular weight excluding hydrogens is 314 g/mol. The first kappa shape index (κ1) is 13.8. The molecule has 0 unspecified atom stereocenters. The van der Waals surface area contributed by atoms with Crippen molar-refractivity contribution in [2.24, 2.45) is 0 Å². The molecule has 3 nitrogen and oxygen atoms in total. The smallest absolute Gasteiger partial charge is 0.133 e. The number of anilines is 1. The molecule has 0 atom stereocenters. The first-order chi connectivity index (χ1) is 9.81. The summed E-state index contributed by atoms with van der Waals surface area (Å²) in [6.07, 6.45) is 0. The number of halogens is 1. The van der Waals surface area contributed by atoms with Crippen molar-refractivity contribution >= 4 is 32.7 Å². The van der Waals surface area contributed by atoms with Gasteiger partial charge >= 0.3 is 0 Å². The SMILES string of the molecule is CCN1CCN(c2nc3ccccc3cc2CBr)CC1. The third-order valence-electron chi connectivity index (χ3n) is 4.04. The van der Waals surface area contributed by atoms with Crippen LogP contribution < -0.4 is 4.90 Å². The summed E-state index contributed by atoms with van der Waals surface area (Å²) in [5.74, 6) is 1.15. The van der Waals surface area contributed by atoms with E-state index < -0.39 is 0 Å². The molecule has 0 bridgehead atoms. The Hall–Kier alpha value is -1.13. The van der Waals surface area contributed by atoms with Crippen LogP contribution in [0.4, 0.5) is 5.82 Å². The van der Waals surface area contributed by atoms with E-state index in [1.807, 2.05) is 0 Å². The van der Waals surface area contributed by atoms with Crippen molar-refractivity contribution < 1.29 is 0 Å². The molecule has 0 spiro atoms. The van der Waals surface area contributed by atoms with Crippen LogP contribution in [0.1, 0.15) is 12.5 Å². The first-order valence-electron chi connectivity index (χ1n) is 7.23. The number of nitrogens with zero attached hydrogens (tertiary/aromatic N) is 3. The Labute approximate surface area is 128 Å². The molecule has 2 heterocycles. The number of alkyl halides is 1. The number of aromatic nitrogens is 1. The number of fused-ring (bicyclic) bond motifs is 1. The highest BCUT2D eigenvalue weighted by molar-refractivity contribution is 9.08. The van der Waals surface area contributed by atoms with Gasteiger partial charge < -0.3 is 9.80 Å². The molecule has 1 aromatic carbocycles. The quantitative estimate of drug-likeness (QED) is 0.803. The summed E-state index contributed by atoms with van der Waals surface area (Å²) in [5, 5.41) is 2.08. The second-order valence-corrected chi connectivity index (χ2v) is 5.78. The molecular formula is C16H20BrN3. The van der Waals surface area contributed by atoms with Gasteiger partial charge in [-0.05, 0) is 18.7 Å². The Morgan fingerprint density at radius 2 is 1.90 bits per heavy atom. The molecule has 4 heteroatoms. The van der Waals surface area contributed by atoms with Crippen LogP contribution in [0.3, 0.4) is 0 Å². The van der Waals surface area contributed by atoms with E-state index in [-0.39, 0.29) is 0 Å². The number of benzene rings is 1. The maximum atomic E-state index is 4.90. The molecule has 0 aliphatic carbocycles. The summed E-state index contributed by atoms with van der Waals surface area (Å²) in [6, 6.07) is 10.6. The van der Waals surface area contributed by atoms with E-state index in [2.05, 4.69) is 63.0 Å². The zero-order valence-electron chi connectivity index (χ0n) is 11.8. The minimum absolute atomic E-state index is 0.855. The summed E-state index contributed by atoms with van der Waals surface area (Å²) in [7, 11) is 0. The van der Waals surface area contributed by atoms with E-state index in [0.717, 1.165) is 49.4 Å². The standard InChI is InChI=1S/C16H20BrN3/c1-2-19-7-9-20(10-8-19)16-14(12-17)11-13-5-3-4-6-15(13)18-16/h3-6,11H,2,7-10,12H2,1H3. The lowest BCUT2D eigenvalue weighted by Crippen LogP contribution is -2.46. The third-order valence-corrected chi connectivity index (χ3v) is 4.65. The third kappa shape index (κ3) is 2.67. The van der Waals surface area contributed by atoms with Crippen LogP contribution in [0.5, 0.6) is 0 Å². The second kappa shape index (κ2) is 6.10. The van der Waals surface area contributed by atoms with Crippen LogP contribution in [-0.4, -0.2) is 42.6 Å². The Kier molecular flexibility index (Phi) is 4.22. The second-order valence-electron chi connectivity index (χ2n) is 5.22. The number of hydrogen-bond acceptors (Lipinski definition) is 3. The molecule has 1 fully saturated rings. The topological polar surface area (TPSA) is 19.4 Å². The number of pyridine rings is 1. The monoisotopic (exact) mass is 333 g/mol. The fourth-order valence-electron chi connectivity index (χ4n) is 2.80. The molecule has 1 aliphatic heterocycles. The van der Waals surface area contributed by atoms with Gasteiger partial charge in [0.25, 0.3) is 0 Å². The van der Waals surface area contributed by atoms with Crippen molar-refractivity contribution in [3.05, 3.63) is 35.9 Å². The van der Waals surface area contributed by atoms with E-state index in [0.29, 0.717) is 0 Å². The number of likely N-dealkylation sites (N-methyl/N-ethyl adjacent to an activating group) is 1. The molecule has 0 amide bonds. The molecule has 1 aliphatic rings. The molecule has 1 saturated heterocycles. The molecule has 1 aromatic heterocycles. The maximum Gasteiger partial charge on any atom is 0.133 e. The van der Waals surface area contributed by atoms with Crippen LogP contribution >= 0.6 is 15.9 Å². The van der Waals surface area contributed by atoms with Crippen LogP contribution in [0, 0.1) is 0 Å². The van der Waals surface area contributed by atoms with Gasteiger partial charge in [-0.15, -0.1) is 0 Å². The number of piperazine rings is 1. The van der Waals surface area contributed by atoms with Crippen molar-refractivity contribution in [1.29, 1.82) is 0 Å². The van der Waals surface area contributed by atoms with Gasteiger partial charge in [0.2, 0.25) is 0 Å². The highest BCUT2D eigenvalue weighted by atomic mass is 79.9. The lowest BCUT2D eigenvalue weighted by molar-refractivity contribution is 0.270. The summed E-state index contributed by atoms with van der Waals surface area (Å²) in [6.45, 7) is 7.77. The van der Waals surface area contributed by atoms with Gasteiger partial charge in [0.1, 0.15) is 5.82 Å². The fraction of sp³-hybridized carbons (Fsp3) is 0.438. The Bertz CT molecular complexity index is 591. The summed E-state index contributed by atoms with van der Waals surface area (Å²) >= 11 is 3.61. The van der Waals surface area contributed by atoms with Crippen molar-refractivity contribution in [3.63, 3.8) is 0 Å². The van der Waals surface area contributed by atoms with E-state index in [1.165, 1.54) is 10.9 Å². The lowest BCUT2D eigenvalue weighted by atomic mass is 10.1. The normalized spacial score (nSPS) is 16.8. The number of para-hydroxylation sites is 1. The minimum atomic E-state index is 0.855. The summed E-state index contributed by atoms with van der Waals surface area (Å²) in [4.78, 5) is 9.82. The van der Waals surface area contributed by atoms with Gasteiger partial charge in [0, 0.05) is 42.5 Å². The van der Waals surface area contributed by atoms with E-state index >= 15 is 0 Å². The highest BCUT2D eigenvalue weighted by Gasteiger charge is 2.19. The maximum absolute atomic E-state index is 4.90. The van der Waals surface area contributed by atoms with Crippen LogP contribution in [0.25, 0.3) is 10.9 Å². The average molecular weight is 334 g/mol. The molecule has 0 N–H and O–H groups in total. The largest absolute Gasteiger partial charge is 0.354 e. The lowest BCUT2D eigenvalue weighted by Gasteiger charge is -2.35. The predicted molar refractivity (Wildman–Crippen MR) is 88.7 cm³/mol. The summed E-state index contributed by atoms with van der Waals surface area (Å²) in [5.41, 5.74) is 2.37. The van der Waals surface area contributed by atoms with Gasteiger partial charge in [-0.25, -0.2) is 4.98 Å². The van der Waals surface area contributed by atoms with Gasteiger partial charge in [0.15, 0.2) is 0 Å². The molecule has 3 rings (SSSR count). The predicted octanol–water partition coefficient (Wildman–Crippen LogP) is 3.27. The Morgan fingerprint density at radius 3 is 2.60 bits per heavy atom. The average Bonchev–Trinajstić information content (AvgIpc) is 2.53. The highest BCUT2D eigenvalue weighted by Crippen LogP contribution is 2.26. The van der Waals surface area contributed by atoms with E-state index in [9.17, 15) is 0 Å². The first-order valence-corrected chi connectivity index (χ1v) is 8.36. The van der Waals surface area contributed by atoms with E-state index in [4.69, 9.17) is 4.98 Å². The fourth-order valence-corrected chi connectivity index (χ4v) is 3.21.